The van der Waals surface area contributed by atoms with Gasteiger partial charge in [0.05, 0.1) is 26.4 Å². The van der Waals surface area contributed by atoms with E-state index < -0.39 is 23.7 Å². The highest BCUT2D eigenvalue weighted by atomic mass is 16.6. The molecular formula is C22H30N2O7. The van der Waals surface area contributed by atoms with Crippen molar-refractivity contribution >= 4 is 12.1 Å². The third-order valence-corrected chi connectivity index (χ3v) is 3.95. The van der Waals surface area contributed by atoms with Gasteiger partial charge in [-0.3, -0.25) is 0 Å². The number of amides is 1. The van der Waals surface area contributed by atoms with Crippen molar-refractivity contribution in [1.82, 2.24) is 10.3 Å². The molecule has 1 aromatic heterocycles. The van der Waals surface area contributed by atoms with E-state index >= 15 is 0 Å². The van der Waals surface area contributed by atoms with Crippen LogP contribution in [0.25, 0.3) is 11.5 Å². The van der Waals surface area contributed by atoms with Gasteiger partial charge in [0.2, 0.25) is 5.89 Å². The van der Waals surface area contributed by atoms with E-state index in [1.165, 1.54) is 7.11 Å². The highest BCUT2D eigenvalue weighted by Crippen LogP contribution is 2.34. The van der Waals surface area contributed by atoms with E-state index in [1.807, 2.05) is 13.8 Å². The van der Waals surface area contributed by atoms with Crippen LogP contribution < -0.4 is 14.8 Å². The maximum atomic E-state index is 12.3. The van der Waals surface area contributed by atoms with Crippen LogP contribution >= 0.6 is 0 Å². The van der Waals surface area contributed by atoms with Crippen LogP contribution in [0, 0.1) is 0 Å². The van der Waals surface area contributed by atoms with Crippen LogP contribution in [-0.2, 0) is 9.47 Å². The summed E-state index contributed by atoms with van der Waals surface area (Å²) >= 11 is 0. The lowest BCUT2D eigenvalue weighted by atomic mass is 10.2. The van der Waals surface area contributed by atoms with Gasteiger partial charge in [-0.25, -0.2) is 14.6 Å². The minimum atomic E-state index is -0.695. The molecule has 0 aliphatic carbocycles. The monoisotopic (exact) mass is 434 g/mol. The van der Waals surface area contributed by atoms with Crippen LogP contribution in [0.5, 0.6) is 11.5 Å². The standard InChI is InChI=1S/C22H30N2O7/c1-8-28-15-11-10-14(12-16(15)29-9-2)19-24-17(20(25)27-7)18(30-19)13(3)23-21(26)31-22(4,5)6/h10-13H,8-9H2,1-7H3,(H,23,26). The normalized spacial score (nSPS) is 12.1. The SMILES string of the molecule is CCOc1ccc(-c2nc(C(=O)OC)c(C(C)NC(=O)OC(C)(C)C)o2)cc1OCC. The number of nitrogens with zero attached hydrogens (tertiary/aromatic N) is 1. The van der Waals surface area contributed by atoms with Crippen molar-refractivity contribution in [3.8, 4) is 23.0 Å². The van der Waals surface area contributed by atoms with E-state index in [2.05, 4.69) is 10.3 Å². The summed E-state index contributed by atoms with van der Waals surface area (Å²) in [6, 6.07) is 4.51. The number of rotatable bonds is 8. The van der Waals surface area contributed by atoms with E-state index in [-0.39, 0.29) is 17.3 Å². The highest BCUT2D eigenvalue weighted by molar-refractivity contribution is 5.89. The van der Waals surface area contributed by atoms with Crippen molar-refractivity contribution in [3.63, 3.8) is 0 Å². The molecule has 1 heterocycles. The van der Waals surface area contributed by atoms with Gasteiger partial charge < -0.3 is 28.7 Å². The number of aromatic nitrogens is 1. The second-order valence-corrected chi connectivity index (χ2v) is 7.62. The van der Waals surface area contributed by atoms with Crippen LogP contribution in [0.4, 0.5) is 4.79 Å². The Kier molecular flexibility index (Phi) is 7.90. The molecule has 0 fully saturated rings. The third kappa shape index (κ3) is 6.37. The van der Waals surface area contributed by atoms with Crippen molar-refractivity contribution in [3.05, 3.63) is 29.7 Å². The fraction of sp³-hybridized carbons (Fsp3) is 0.500. The number of carbonyl (C=O) groups excluding carboxylic acids is 2. The van der Waals surface area contributed by atoms with Gasteiger partial charge >= 0.3 is 12.1 Å². The first-order valence-electron chi connectivity index (χ1n) is 10.1. The van der Waals surface area contributed by atoms with Crippen LogP contribution in [0.3, 0.4) is 0 Å². The quantitative estimate of drug-likeness (QED) is 0.605. The Balaban J connectivity index is 2.40. The van der Waals surface area contributed by atoms with Gasteiger partial charge in [0, 0.05) is 5.56 Å². The Morgan fingerprint density at radius 1 is 1.13 bits per heavy atom. The Morgan fingerprint density at radius 2 is 1.77 bits per heavy atom. The first-order chi connectivity index (χ1) is 14.6. The van der Waals surface area contributed by atoms with E-state index in [4.69, 9.17) is 23.4 Å². The lowest BCUT2D eigenvalue weighted by Gasteiger charge is -2.21. The number of ether oxygens (including phenoxy) is 4. The lowest BCUT2D eigenvalue weighted by molar-refractivity contribution is 0.0495. The molecule has 1 amide bonds. The molecule has 0 spiro atoms. The molecule has 170 valence electrons. The second-order valence-electron chi connectivity index (χ2n) is 7.62. The first kappa shape index (κ1) is 24.0. The zero-order valence-electron chi connectivity index (χ0n) is 19.0. The second kappa shape index (κ2) is 10.2. The molecule has 0 radical (unpaired) electrons. The van der Waals surface area contributed by atoms with E-state index in [0.29, 0.717) is 30.3 Å². The van der Waals surface area contributed by atoms with E-state index in [1.54, 1.807) is 45.9 Å². The molecule has 1 aromatic carbocycles. The molecule has 0 aliphatic heterocycles. The summed E-state index contributed by atoms with van der Waals surface area (Å²) in [7, 11) is 1.25. The molecule has 2 aromatic rings. The van der Waals surface area contributed by atoms with Crippen molar-refractivity contribution in [2.75, 3.05) is 20.3 Å². The summed E-state index contributed by atoms with van der Waals surface area (Å²) < 4.78 is 27.2. The number of carbonyl (C=O) groups is 2. The molecule has 1 N–H and O–H groups in total. The number of methoxy groups -OCH3 is 1. The number of alkyl carbamates (subject to hydrolysis) is 1. The summed E-state index contributed by atoms with van der Waals surface area (Å²) in [6.45, 7) is 11.6. The van der Waals surface area contributed by atoms with Crippen LogP contribution in [0.1, 0.15) is 63.8 Å². The largest absolute Gasteiger partial charge is 0.490 e. The minimum absolute atomic E-state index is 0.0343. The zero-order valence-corrected chi connectivity index (χ0v) is 19.0. The van der Waals surface area contributed by atoms with Crippen LogP contribution in [0.2, 0.25) is 0 Å². The van der Waals surface area contributed by atoms with Gasteiger partial charge in [-0.05, 0) is 59.7 Å². The fourth-order valence-electron chi connectivity index (χ4n) is 2.73. The molecule has 9 nitrogen and oxygen atoms in total. The highest BCUT2D eigenvalue weighted by Gasteiger charge is 2.28. The van der Waals surface area contributed by atoms with Gasteiger partial charge in [-0.2, -0.15) is 0 Å². The molecule has 0 saturated carbocycles. The number of hydrogen-bond donors (Lipinski definition) is 1. The predicted molar refractivity (Wildman–Crippen MR) is 113 cm³/mol. The molecule has 1 unspecified atom stereocenters. The van der Waals surface area contributed by atoms with Gasteiger partial charge in [0.1, 0.15) is 5.60 Å². The number of hydrogen-bond acceptors (Lipinski definition) is 8. The summed E-state index contributed by atoms with van der Waals surface area (Å²) in [5.74, 6) is 0.768. The van der Waals surface area contributed by atoms with Gasteiger partial charge in [0.25, 0.3) is 0 Å². The number of oxazole rings is 1. The van der Waals surface area contributed by atoms with Gasteiger partial charge in [0.15, 0.2) is 23.0 Å². The van der Waals surface area contributed by atoms with E-state index in [0.717, 1.165) is 0 Å². The van der Waals surface area contributed by atoms with Crippen molar-refractivity contribution in [1.29, 1.82) is 0 Å². The fourth-order valence-corrected chi connectivity index (χ4v) is 2.73. The average Bonchev–Trinajstić information content (AvgIpc) is 3.13. The topological polar surface area (TPSA) is 109 Å². The summed E-state index contributed by atoms with van der Waals surface area (Å²) in [5, 5.41) is 2.65. The Labute approximate surface area is 182 Å². The number of esters is 1. The van der Waals surface area contributed by atoms with E-state index in [9.17, 15) is 9.59 Å². The molecule has 0 aliphatic rings. The van der Waals surface area contributed by atoms with Crippen molar-refractivity contribution in [2.24, 2.45) is 0 Å². The summed E-state index contributed by atoms with van der Waals surface area (Å²) in [5.41, 5.74) is -0.125. The molecule has 1 atom stereocenters. The molecule has 31 heavy (non-hydrogen) atoms. The van der Waals surface area contributed by atoms with Gasteiger partial charge in [-0.15, -0.1) is 0 Å². The minimum Gasteiger partial charge on any atom is -0.490 e. The maximum absolute atomic E-state index is 12.3. The van der Waals surface area contributed by atoms with Crippen molar-refractivity contribution < 1.29 is 33.0 Å². The summed E-state index contributed by atoms with van der Waals surface area (Å²) in [4.78, 5) is 28.7. The van der Waals surface area contributed by atoms with Crippen LogP contribution in [0.15, 0.2) is 22.6 Å². The number of nitrogens with one attached hydrogen (secondary N) is 1. The molecule has 9 heteroatoms. The molecular weight excluding hydrogens is 404 g/mol. The third-order valence-electron chi connectivity index (χ3n) is 3.95. The number of benzene rings is 1. The lowest BCUT2D eigenvalue weighted by Crippen LogP contribution is -2.34. The predicted octanol–water partition coefficient (Wildman–Crippen LogP) is 4.51. The van der Waals surface area contributed by atoms with Crippen molar-refractivity contribution in [2.45, 2.75) is 53.2 Å². The smallest absolute Gasteiger partial charge is 0.408 e. The first-order valence-corrected chi connectivity index (χ1v) is 10.1. The molecule has 0 bridgehead atoms. The average molecular weight is 434 g/mol. The zero-order chi connectivity index (χ0) is 23.2. The van der Waals surface area contributed by atoms with Crippen LogP contribution in [-0.4, -0.2) is 43.0 Å². The Bertz CT molecular complexity index is 915. The molecule has 0 saturated heterocycles. The molecule has 2 rings (SSSR count). The summed E-state index contributed by atoms with van der Waals surface area (Å²) in [6.07, 6.45) is -0.645. The Hall–Kier alpha value is -3.23. The maximum Gasteiger partial charge on any atom is 0.408 e. The van der Waals surface area contributed by atoms with Gasteiger partial charge in [-0.1, -0.05) is 0 Å². The Morgan fingerprint density at radius 3 is 2.35 bits per heavy atom.